The zero-order valence-electron chi connectivity index (χ0n) is 9.26. The van der Waals surface area contributed by atoms with Gasteiger partial charge in [0.2, 0.25) is 0 Å². The van der Waals surface area contributed by atoms with Gasteiger partial charge < -0.3 is 0 Å². The highest BCUT2D eigenvalue weighted by atomic mass is 19.1. The molecule has 84 valence electrons. The molecule has 0 spiro atoms. The van der Waals surface area contributed by atoms with E-state index in [1.165, 1.54) is 6.07 Å². The summed E-state index contributed by atoms with van der Waals surface area (Å²) >= 11 is 0. The molecule has 0 saturated carbocycles. The molecular formula is C13H10FN3. The highest BCUT2D eigenvalue weighted by Crippen LogP contribution is 2.22. The van der Waals surface area contributed by atoms with Crippen LogP contribution in [0.15, 0.2) is 42.6 Å². The topological polar surface area (TPSA) is 30.2 Å². The van der Waals surface area contributed by atoms with Crippen LogP contribution in [0.1, 0.15) is 5.69 Å². The molecule has 2 heterocycles. The molecule has 0 aliphatic carbocycles. The van der Waals surface area contributed by atoms with Crippen molar-refractivity contribution in [1.29, 1.82) is 0 Å². The molecule has 0 amide bonds. The van der Waals surface area contributed by atoms with E-state index in [2.05, 4.69) is 10.1 Å². The normalized spacial score (nSPS) is 10.9. The van der Waals surface area contributed by atoms with Crippen molar-refractivity contribution >= 4 is 5.65 Å². The Morgan fingerprint density at radius 1 is 1.18 bits per heavy atom. The second-order valence-corrected chi connectivity index (χ2v) is 3.86. The zero-order chi connectivity index (χ0) is 11.8. The van der Waals surface area contributed by atoms with Gasteiger partial charge in [0.25, 0.3) is 0 Å². The van der Waals surface area contributed by atoms with E-state index in [4.69, 9.17) is 0 Å². The Hall–Kier alpha value is -2.23. The number of nitrogens with zero attached hydrogens (tertiary/aromatic N) is 3. The number of fused-ring (bicyclic) bond motifs is 1. The van der Waals surface area contributed by atoms with Gasteiger partial charge in [0.15, 0.2) is 5.65 Å². The lowest BCUT2D eigenvalue weighted by Gasteiger charge is -2.05. The Morgan fingerprint density at radius 3 is 2.82 bits per heavy atom. The van der Waals surface area contributed by atoms with Gasteiger partial charge in [0.05, 0.1) is 11.9 Å². The highest BCUT2D eigenvalue weighted by molar-refractivity contribution is 5.62. The van der Waals surface area contributed by atoms with Gasteiger partial charge in [-0.15, -0.1) is 0 Å². The summed E-state index contributed by atoms with van der Waals surface area (Å²) < 4.78 is 15.4. The van der Waals surface area contributed by atoms with E-state index >= 15 is 0 Å². The zero-order valence-corrected chi connectivity index (χ0v) is 9.26. The van der Waals surface area contributed by atoms with Gasteiger partial charge in [-0.05, 0) is 25.1 Å². The predicted molar refractivity (Wildman–Crippen MR) is 63.1 cm³/mol. The molecule has 0 N–H and O–H groups in total. The molecule has 17 heavy (non-hydrogen) atoms. The van der Waals surface area contributed by atoms with E-state index in [-0.39, 0.29) is 5.82 Å². The maximum Gasteiger partial charge on any atom is 0.155 e. The van der Waals surface area contributed by atoms with Crippen LogP contribution in [0.3, 0.4) is 0 Å². The Morgan fingerprint density at radius 2 is 2.00 bits per heavy atom. The van der Waals surface area contributed by atoms with Gasteiger partial charge in [0.1, 0.15) is 5.82 Å². The van der Waals surface area contributed by atoms with Crippen LogP contribution >= 0.6 is 0 Å². The minimum atomic E-state index is -0.261. The highest BCUT2D eigenvalue weighted by Gasteiger charge is 2.08. The molecule has 0 saturated heterocycles. The molecule has 3 nitrogen and oxygen atoms in total. The molecule has 0 fully saturated rings. The summed E-state index contributed by atoms with van der Waals surface area (Å²) in [6, 6.07) is 10.3. The number of rotatable bonds is 1. The molecular weight excluding hydrogens is 217 g/mol. The maximum absolute atomic E-state index is 13.7. The van der Waals surface area contributed by atoms with Gasteiger partial charge >= 0.3 is 0 Å². The average molecular weight is 227 g/mol. The number of hydrogen-bond acceptors (Lipinski definition) is 2. The van der Waals surface area contributed by atoms with Crippen molar-refractivity contribution in [2.75, 3.05) is 0 Å². The Bertz CT molecular complexity index is 688. The van der Waals surface area contributed by atoms with Gasteiger partial charge in [-0.3, -0.25) is 0 Å². The van der Waals surface area contributed by atoms with Gasteiger partial charge in [-0.25, -0.2) is 13.9 Å². The summed E-state index contributed by atoms with van der Waals surface area (Å²) in [5, 5.41) is 4.14. The summed E-state index contributed by atoms with van der Waals surface area (Å²) in [7, 11) is 0. The fraction of sp³-hybridized carbons (Fsp3) is 0.0769. The molecule has 4 heteroatoms. The van der Waals surface area contributed by atoms with E-state index in [0.29, 0.717) is 11.3 Å². The summed E-state index contributed by atoms with van der Waals surface area (Å²) in [6.07, 6.45) is 1.68. The first-order valence-corrected chi connectivity index (χ1v) is 5.32. The van der Waals surface area contributed by atoms with Crippen LogP contribution in [-0.2, 0) is 0 Å². The van der Waals surface area contributed by atoms with E-state index in [1.54, 1.807) is 35.0 Å². The van der Waals surface area contributed by atoms with Gasteiger partial charge in [-0.2, -0.15) is 5.10 Å². The molecule has 1 aromatic carbocycles. The lowest BCUT2D eigenvalue weighted by Crippen LogP contribution is -1.98. The van der Waals surface area contributed by atoms with Crippen molar-refractivity contribution in [3.05, 3.63) is 54.1 Å². The molecule has 0 aliphatic rings. The van der Waals surface area contributed by atoms with Crippen LogP contribution in [0.4, 0.5) is 4.39 Å². The van der Waals surface area contributed by atoms with Crippen molar-refractivity contribution in [3.63, 3.8) is 0 Å². The first-order chi connectivity index (χ1) is 8.25. The number of aromatic nitrogens is 3. The SMILES string of the molecule is Cc1cc(-c2ccccc2F)nc2ccnn12. The average Bonchev–Trinajstić information content (AvgIpc) is 2.78. The van der Waals surface area contributed by atoms with Crippen LogP contribution in [-0.4, -0.2) is 14.6 Å². The lowest BCUT2D eigenvalue weighted by atomic mass is 10.1. The first kappa shape index (κ1) is 9.96. The van der Waals surface area contributed by atoms with Crippen LogP contribution in [0.2, 0.25) is 0 Å². The third kappa shape index (κ3) is 1.58. The Balaban J connectivity index is 2.28. The smallest absolute Gasteiger partial charge is 0.155 e. The standard InChI is InChI=1S/C13H10FN3/c1-9-8-12(10-4-2-3-5-11(10)14)16-13-6-7-15-17(9)13/h2-8H,1H3. The Labute approximate surface area is 97.5 Å². The minimum absolute atomic E-state index is 0.261. The lowest BCUT2D eigenvalue weighted by molar-refractivity contribution is 0.630. The monoisotopic (exact) mass is 227 g/mol. The Kier molecular flexibility index (Phi) is 2.14. The van der Waals surface area contributed by atoms with E-state index < -0.39 is 0 Å². The fourth-order valence-corrected chi connectivity index (χ4v) is 1.87. The first-order valence-electron chi connectivity index (χ1n) is 5.32. The molecule has 0 unspecified atom stereocenters. The van der Waals surface area contributed by atoms with Crippen LogP contribution in [0.5, 0.6) is 0 Å². The largest absolute Gasteiger partial charge is 0.228 e. The molecule has 0 bridgehead atoms. The van der Waals surface area contributed by atoms with Crippen LogP contribution in [0, 0.1) is 12.7 Å². The number of benzene rings is 1. The van der Waals surface area contributed by atoms with Crippen molar-refractivity contribution in [2.45, 2.75) is 6.92 Å². The molecule has 3 aromatic rings. The molecule has 3 rings (SSSR count). The van der Waals surface area contributed by atoms with E-state index in [1.807, 2.05) is 13.0 Å². The van der Waals surface area contributed by atoms with Crippen molar-refractivity contribution in [2.24, 2.45) is 0 Å². The molecule has 2 aromatic heterocycles. The van der Waals surface area contributed by atoms with E-state index in [9.17, 15) is 4.39 Å². The summed E-state index contributed by atoms with van der Waals surface area (Å²) in [4.78, 5) is 4.39. The maximum atomic E-state index is 13.7. The fourth-order valence-electron chi connectivity index (χ4n) is 1.87. The quantitative estimate of drug-likeness (QED) is 0.640. The third-order valence-electron chi connectivity index (χ3n) is 2.69. The van der Waals surface area contributed by atoms with Gasteiger partial charge in [0, 0.05) is 17.3 Å². The summed E-state index contributed by atoms with van der Waals surface area (Å²) in [5.41, 5.74) is 2.80. The number of hydrogen-bond donors (Lipinski definition) is 0. The summed E-state index contributed by atoms with van der Waals surface area (Å²) in [5.74, 6) is -0.261. The second kappa shape index (κ2) is 3.66. The van der Waals surface area contributed by atoms with Gasteiger partial charge in [-0.1, -0.05) is 12.1 Å². The van der Waals surface area contributed by atoms with Crippen molar-refractivity contribution in [1.82, 2.24) is 14.6 Å². The van der Waals surface area contributed by atoms with Crippen LogP contribution < -0.4 is 0 Å². The second-order valence-electron chi connectivity index (χ2n) is 3.86. The molecule has 0 atom stereocenters. The molecule has 0 aliphatic heterocycles. The van der Waals surface area contributed by atoms with Crippen molar-refractivity contribution < 1.29 is 4.39 Å². The van der Waals surface area contributed by atoms with E-state index in [0.717, 1.165) is 11.3 Å². The van der Waals surface area contributed by atoms with Crippen LogP contribution in [0.25, 0.3) is 16.9 Å². The predicted octanol–water partition coefficient (Wildman–Crippen LogP) is 2.84. The minimum Gasteiger partial charge on any atom is -0.228 e. The molecule has 0 radical (unpaired) electrons. The van der Waals surface area contributed by atoms with Crippen molar-refractivity contribution in [3.8, 4) is 11.3 Å². The number of halogens is 1. The third-order valence-corrected chi connectivity index (χ3v) is 2.69. The summed E-state index contributed by atoms with van der Waals surface area (Å²) in [6.45, 7) is 1.92. The number of aryl methyl sites for hydroxylation is 1.